The molecule has 0 unspecified atom stereocenters. The number of ether oxygens (including phenoxy) is 4. The molecule has 6 aromatic rings. The molecule has 1 aliphatic heterocycles. The van der Waals surface area contributed by atoms with E-state index in [-0.39, 0.29) is 19.8 Å². The molecule has 0 N–H and O–H groups in total. The molecule has 1 saturated heterocycles. The normalized spacial score (nSPS) is 20.3. The maximum Gasteiger partial charge on any atom is 0.157 e. The lowest BCUT2D eigenvalue weighted by Crippen LogP contribution is -2.55. The lowest BCUT2D eigenvalue weighted by atomic mass is 9.90. The number of benzene rings is 5. The van der Waals surface area contributed by atoms with E-state index in [1.165, 1.54) is 15.3 Å². The van der Waals surface area contributed by atoms with Crippen molar-refractivity contribution in [2.45, 2.75) is 56.8 Å². The van der Waals surface area contributed by atoms with E-state index < -0.39 is 30.6 Å². The molecule has 7 rings (SSSR count). The quantitative estimate of drug-likeness (QED) is 0.112. The molecular weight excluding hydrogens is 679 g/mol. The van der Waals surface area contributed by atoms with Gasteiger partial charge in [0.25, 0.3) is 0 Å². The highest BCUT2D eigenvalue weighted by Gasteiger charge is 2.48. The summed E-state index contributed by atoms with van der Waals surface area (Å²) < 4.78 is 42.6. The van der Waals surface area contributed by atoms with Gasteiger partial charge in [0.15, 0.2) is 6.17 Å². The maximum absolute atomic E-state index is 16.7. The van der Waals surface area contributed by atoms with Gasteiger partial charge in [-0.05, 0) is 51.6 Å². The Morgan fingerprint density at radius 2 is 1.20 bits per heavy atom. The zero-order valence-electron chi connectivity index (χ0n) is 28.2. The minimum atomic E-state index is -1.50. The summed E-state index contributed by atoms with van der Waals surface area (Å²) in [7, 11) is 0. The first-order valence-electron chi connectivity index (χ1n) is 17.3. The summed E-state index contributed by atoms with van der Waals surface area (Å²) in [5.41, 5.74) is 5.93. The number of hydrogen-bond acceptors (Lipinski definition) is 5. The SMILES string of the molecule is F[C@H]1[C@H](OCc2ccccc2)[C@@H](OCc2ccccc2)[C@H](c2ccc(Cl)c(Cc3ccc(-c4ccccc4)s3)c2)O[C@@H]1COCc1ccccc1. The number of hydrogen-bond donors (Lipinski definition) is 0. The van der Waals surface area contributed by atoms with E-state index in [0.717, 1.165) is 27.8 Å². The van der Waals surface area contributed by atoms with Crippen molar-refractivity contribution in [3.63, 3.8) is 0 Å². The van der Waals surface area contributed by atoms with E-state index in [9.17, 15) is 0 Å². The Morgan fingerprint density at radius 1 is 0.627 bits per heavy atom. The Hall–Kier alpha value is -4.14. The molecular formula is C44H40ClFO4S. The average Bonchev–Trinajstić information content (AvgIpc) is 3.65. The third-order valence-corrected chi connectivity index (χ3v) is 10.6. The monoisotopic (exact) mass is 718 g/mol. The van der Waals surface area contributed by atoms with Gasteiger partial charge in [0.05, 0.1) is 26.4 Å². The molecule has 51 heavy (non-hydrogen) atoms. The molecule has 4 nitrogen and oxygen atoms in total. The van der Waals surface area contributed by atoms with Gasteiger partial charge in [-0.1, -0.05) is 145 Å². The van der Waals surface area contributed by atoms with Crippen LogP contribution >= 0.6 is 22.9 Å². The van der Waals surface area contributed by atoms with Gasteiger partial charge in [-0.15, -0.1) is 11.3 Å². The van der Waals surface area contributed by atoms with E-state index in [4.69, 9.17) is 30.5 Å². The van der Waals surface area contributed by atoms with Crippen molar-refractivity contribution in [1.82, 2.24) is 0 Å². The average molecular weight is 719 g/mol. The molecule has 5 aromatic carbocycles. The van der Waals surface area contributed by atoms with Crippen LogP contribution in [0.1, 0.15) is 38.8 Å². The molecule has 0 saturated carbocycles. The van der Waals surface area contributed by atoms with Crippen LogP contribution in [-0.2, 0) is 45.2 Å². The van der Waals surface area contributed by atoms with Crippen LogP contribution in [0.4, 0.5) is 4.39 Å². The minimum Gasteiger partial charge on any atom is -0.374 e. The van der Waals surface area contributed by atoms with Gasteiger partial charge in [-0.25, -0.2) is 4.39 Å². The van der Waals surface area contributed by atoms with Crippen LogP contribution in [0.2, 0.25) is 5.02 Å². The van der Waals surface area contributed by atoms with Gasteiger partial charge in [0.2, 0.25) is 0 Å². The highest BCUT2D eigenvalue weighted by Crippen LogP contribution is 2.40. The summed E-state index contributed by atoms with van der Waals surface area (Å²) in [6.45, 7) is 0.908. The fourth-order valence-corrected chi connectivity index (χ4v) is 7.62. The molecule has 260 valence electrons. The predicted molar refractivity (Wildman–Crippen MR) is 203 cm³/mol. The van der Waals surface area contributed by atoms with E-state index in [1.807, 2.05) is 121 Å². The molecule has 0 aliphatic carbocycles. The second-order valence-corrected chi connectivity index (χ2v) is 14.3. The maximum atomic E-state index is 16.7. The third-order valence-electron chi connectivity index (χ3n) is 9.06. The third kappa shape index (κ3) is 9.21. The van der Waals surface area contributed by atoms with E-state index >= 15 is 4.39 Å². The Kier molecular flexibility index (Phi) is 12.0. The van der Waals surface area contributed by atoms with Crippen LogP contribution < -0.4 is 0 Å². The summed E-state index contributed by atoms with van der Waals surface area (Å²) in [6, 6.07) is 50.1. The molecule has 7 heteroatoms. The van der Waals surface area contributed by atoms with Crippen LogP contribution in [0.15, 0.2) is 152 Å². The Balaban J connectivity index is 1.19. The topological polar surface area (TPSA) is 36.9 Å². The van der Waals surface area contributed by atoms with Crippen LogP contribution in [0, 0.1) is 0 Å². The van der Waals surface area contributed by atoms with Crippen LogP contribution in [0.25, 0.3) is 10.4 Å². The first-order valence-corrected chi connectivity index (χ1v) is 18.4. The summed E-state index contributed by atoms with van der Waals surface area (Å²) in [4.78, 5) is 2.39. The van der Waals surface area contributed by atoms with Gasteiger partial charge in [-0.3, -0.25) is 0 Å². The highest BCUT2D eigenvalue weighted by molar-refractivity contribution is 7.15. The van der Waals surface area contributed by atoms with E-state index in [1.54, 1.807) is 11.3 Å². The molecule has 0 amide bonds. The van der Waals surface area contributed by atoms with Crippen molar-refractivity contribution in [2.75, 3.05) is 6.61 Å². The zero-order valence-corrected chi connectivity index (χ0v) is 29.7. The molecule has 5 atom stereocenters. The number of halogens is 2. The summed E-state index contributed by atoms with van der Waals surface area (Å²) in [6.07, 6.45) is -4.07. The standard InChI is InChI=1S/C44H40ClFO4S/c45-38-23-21-35(25-36(38)26-37-22-24-40(51-37)34-19-11-4-12-20-34)42-44(49-29-33-17-9-3-10-18-33)43(48-28-32-15-7-2-8-16-32)41(46)39(50-42)30-47-27-31-13-5-1-6-14-31/h1-25,39,41-44H,26-30H2/t39-,41-,42+,43+,44+/m1/s1. The lowest BCUT2D eigenvalue weighted by molar-refractivity contribution is -0.248. The molecule has 0 radical (unpaired) electrons. The smallest absolute Gasteiger partial charge is 0.157 e. The van der Waals surface area contributed by atoms with Gasteiger partial charge in [0.1, 0.15) is 24.4 Å². The lowest BCUT2D eigenvalue weighted by Gasteiger charge is -2.44. The van der Waals surface area contributed by atoms with Gasteiger partial charge in [0, 0.05) is 21.2 Å². The number of alkyl halides is 1. The second-order valence-electron chi connectivity index (χ2n) is 12.7. The molecule has 1 fully saturated rings. The number of rotatable bonds is 14. The van der Waals surface area contributed by atoms with Crippen molar-refractivity contribution in [3.8, 4) is 10.4 Å². The largest absolute Gasteiger partial charge is 0.374 e. The van der Waals surface area contributed by atoms with E-state index in [0.29, 0.717) is 18.1 Å². The van der Waals surface area contributed by atoms with Gasteiger partial charge in [-0.2, -0.15) is 0 Å². The Bertz CT molecular complexity index is 1940. The molecule has 2 heterocycles. The van der Waals surface area contributed by atoms with Crippen molar-refractivity contribution in [3.05, 3.63) is 189 Å². The van der Waals surface area contributed by atoms with Crippen molar-refractivity contribution < 1.29 is 23.3 Å². The molecule has 0 spiro atoms. The van der Waals surface area contributed by atoms with Gasteiger partial charge >= 0.3 is 0 Å². The van der Waals surface area contributed by atoms with Crippen molar-refractivity contribution >= 4 is 22.9 Å². The van der Waals surface area contributed by atoms with Crippen LogP contribution in [-0.4, -0.2) is 31.1 Å². The first-order chi connectivity index (χ1) is 25.1. The zero-order chi connectivity index (χ0) is 34.8. The predicted octanol–water partition coefficient (Wildman–Crippen LogP) is 10.8. The van der Waals surface area contributed by atoms with Gasteiger partial charge < -0.3 is 18.9 Å². The summed E-state index contributed by atoms with van der Waals surface area (Å²) >= 11 is 8.59. The molecule has 1 aromatic heterocycles. The van der Waals surface area contributed by atoms with Crippen molar-refractivity contribution in [1.29, 1.82) is 0 Å². The highest BCUT2D eigenvalue weighted by atomic mass is 35.5. The van der Waals surface area contributed by atoms with Crippen LogP contribution in [0.5, 0.6) is 0 Å². The van der Waals surface area contributed by atoms with Crippen LogP contribution in [0.3, 0.4) is 0 Å². The summed E-state index contributed by atoms with van der Waals surface area (Å²) in [5, 5.41) is 0.661. The Labute approximate surface area is 308 Å². The fraction of sp³-hybridized carbons (Fsp3) is 0.227. The summed E-state index contributed by atoms with van der Waals surface area (Å²) in [5.74, 6) is 0. The number of thiophene rings is 1. The first kappa shape index (κ1) is 35.3. The molecule has 0 bridgehead atoms. The second kappa shape index (κ2) is 17.4. The van der Waals surface area contributed by atoms with Crippen molar-refractivity contribution in [2.24, 2.45) is 0 Å². The van der Waals surface area contributed by atoms with E-state index in [2.05, 4.69) is 30.3 Å². The molecule has 1 aliphatic rings. The minimum absolute atomic E-state index is 0.0566. The Morgan fingerprint density at radius 3 is 1.82 bits per heavy atom. The fourth-order valence-electron chi connectivity index (χ4n) is 6.40.